The van der Waals surface area contributed by atoms with Gasteiger partial charge in [-0.25, -0.2) is 4.98 Å². The van der Waals surface area contributed by atoms with Gasteiger partial charge in [-0.2, -0.15) is 0 Å². The summed E-state index contributed by atoms with van der Waals surface area (Å²) in [7, 11) is 0. The average Bonchev–Trinajstić information content (AvgIpc) is 2.86. The molecule has 0 spiro atoms. The maximum atomic E-state index is 6.11. The summed E-state index contributed by atoms with van der Waals surface area (Å²) in [6.07, 6.45) is 0. The van der Waals surface area contributed by atoms with Gasteiger partial charge in [-0.3, -0.25) is 0 Å². The zero-order chi connectivity index (χ0) is 15.7. The van der Waals surface area contributed by atoms with Crippen LogP contribution in [0.3, 0.4) is 0 Å². The van der Waals surface area contributed by atoms with Gasteiger partial charge in [-0.1, -0.05) is 52.2 Å². The molecule has 0 saturated heterocycles. The number of thiocarbonyl (C=S) groups is 1. The molecule has 2 aromatic carbocycles. The predicted octanol–water partition coefficient (Wildman–Crippen LogP) is 6.07. The van der Waals surface area contributed by atoms with Gasteiger partial charge >= 0.3 is 0 Å². The Morgan fingerprint density at radius 1 is 1.05 bits per heavy atom. The van der Waals surface area contributed by atoms with Crippen molar-refractivity contribution in [2.75, 3.05) is 10.6 Å². The normalized spacial score (nSPS) is 10.7. The molecule has 0 radical (unpaired) electrons. The second-order valence-corrected chi connectivity index (χ2v) is 7.00. The van der Waals surface area contributed by atoms with E-state index in [1.165, 1.54) is 11.3 Å². The van der Waals surface area contributed by atoms with Crippen LogP contribution in [0.1, 0.15) is 0 Å². The fraction of sp³-hybridized carbons (Fsp3) is 0. The van der Waals surface area contributed by atoms with Gasteiger partial charge in [0.25, 0.3) is 0 Å². The highest BCUT2D eigenvalue weighted by Gasteiger charge is 2.09. The highest BCUT2D eigenvalue weighted by molar-refractivity contribution is 7.80. The number of nitrogens with one attached hydrogen (secondary N) is 2. The molecule has 3 nitrogen and oxygen atoms in total. The Kier molecular flexibility index (Phi) is 4.70. The van der Waals surface area contributed by atoms with Crippen LogP contribution in [0.15, 0.2) is 36.4 Å². The van der Waals surface area contributed by atoms with E-state index in [1.54, 1.807) is 24.3 Å². The Labute approximate surface area is 151 Å². The average molecular weight is 389 g/mol. The summed E-state index contributed by atoms with van der Waals surface area (Å²) in [4.78, 5) is 4.42. The lowest BCUT2D eigenvalue weighted by atomic mass is 10.3. The molecule has 3 aromatic rings. The van der Waals surface area contributed by atoms with Gasteiger partial charge in [0, 0.05) is 5.02 Å². The number of thiazole rings is 1. The lowest BCUT2D eigenvalue weighted by Crippen LogP contribution is -2.19. The molecule has 2 N–H and O–H groups in total. The number of aromatic nitrogens is 1. The van der Waals surface area contributed by atoms with Gasteiger partial charge in [0.05, 0.1) is 20.4 Å². The molecule has 0 aliphatic carbocycles. The minimum Gasteiger partial charge on any atom is -0.331 e. The zero-order valence-electron chi connectivity index (χ0n) is 10.9. The summed E-state index contributed by atoms with van der Waals surface area (Å²) in [6.45, 7) is 0. The van der Waals surface area contributed by atoms with E-state index in [0.717, 1.165) is 10.2 Å². The second-order valence-electron chi connectivity index (χ2n) is 4.31. The lowest BCUT2D eigenvalue weighted by Gasteiger charge is -2.10. The predicted molar refractivity (Wildman–Crippen MR) is 101 cm³/mol. The van der Waals surface area contributed by atoms with Crippen molar-refractivity contribution in [2.45, 2.75) is 0 Å². The molecule has 0 aliphatic heterocycles. The van der Waals surface area contributed by atoms with Gasteiger partial charge < -0.3 is 10.6 Å². The van der Waals surface area contributed by atoms with Crippen LogP contribution in [0.4, 0.5) is 10.8 Å². The number of anilines is 2. The Morgan fingerprint density at radius 3 is 2.64 bits per heavy atom. The number of fused-ring (bicyclic) bond motifs is 1. The van der Waals surface area contributed by atoms with E-state index in [9.17, 15) is 0 Å². The minimum atomic E-state index is 0.374. The molecule has 0 atom stereocenters. The van der Waals surface area contributed by atoms with E-state index >= 15 is 0 Å². The smallest absolute Gasteiger partial charge is 0.190 e. The van der Waals surface area contributed by atoms with Gasteiger partial charge in [0.15, 0.2) is 10.2 Å². The standard InChI is InChI=1S/C14H8Cl3N3S2/c15-7-4-5-8(16)10(6-7)18-13(21)20-14-19-12-9(17)2-1-3-11(12)22-14/h1-6H,(H2,18,19,20,21). The Morgan fingerprint density at radius 2 is 1.86 bits per heavy atom. The van der Waals surface area contributed by atoms with E-state index in [0.29, 0.717) is 31.0 Å². The maximum Gasteiger partial charge on any atom is 0.190 e. The van der Waals surface area contributed by atoms with Crippen molar-refractivity contribution in [2.24, 2.45) is 0 Å². The first-order chi connectivity index (χ1) is 10.5. The number of halogens is 3. The molecular weight excluding hydrogens is 381 g/mol. The SMILES string of the molecule is S=C(Nc1nc2c(Cl)cccc2s1)Nc1cc(Cl)ccc1Cl. The van der Waals surface area contributed by atoms with Crippen LogP contribution < -0.4 is 10.6 Å². The molecular formula is C14H8Cl3N3S2. The molecule has 0 amide bonds. The third kappa shape index (κ3) is 3.45. The van der Waals surface area contributed by atoms with E-state index in [1.807, 2.05) is 12.1 Å². The monoisotopic (exact) mass is 387 g/mol. The van der Waals surface area contributed by atoms with E-state index in [2.05, 4.69) is 15.6 Å². The molecule has 22 heavy (non-hydrogen) atoms. The summed E-state index contributed by atoms with van der Waals surface area (Å²) in [5.74, 6) is 0. The molecule has 0 fully saturated rings. The molecule has 0 aliphatic rings. The molecule has 1 heterocycles. The molecule has 0 unspecified atom stereocenters. The molecule has 0 bridgehead atoms. The zero-order valence-corrected chi connectivity index (χ0v) is 14.8. The van der Waals surface area contributed by atoms with Crippen LogP contribution in [-0.2, 0) is 0 Å². The van der Waals surface area contributed by atoms with Gasteiger partial charge in [0.1, 0.15) is 5.52 Å². The summed E-state index contributed by atoms with van der Waals surface area (Å²) < 4.78 is 0.985. The Bertz CT molecular complexity index is 864. The maximum absolute atomic E-state index is 6.11. The first-order valence-corrected chi connectivity index (χ1v) is 8.47. The summed E-state index contributed by atoms with van der Waals surface area (Å²) in [5, 5.41) is 8.75. The van der Waals surface area contributed by atoms with E-state index in [-0.39, 0.29) is 0 Å². The van der Waals surface area contributed by atoms with Crippen LogP contribution in [-0.4, -0.2) is 10.1 Å². The third-order valence-electron chi connectivity index (χ3n) is 2.77. The molecule has 1 aromatic heterocycles. The van der Waals surface area contributed by atoms with E-state index < -0.39 is 0 Å². The molecule has 0 saturated carbocycles. The first kappa shape index (κ1) is 15.8. The minimum absolute atomic E-state index is 0.374. The summed E-state index contributed by atoms with van der Waals surface area (Å²) in [5.41, 5.74) is 1.38. The van der Waals surface area contributed by atoms with Gasteiger partial charge in [-0.05, 0) is 42.5 Å². The fourth-order valence-electron chi connectivity index (χ4n) is 1.81. The van der Waals surface area contributed by atoms with Crippen LogP contribution in [0, 0.1) is 0 Å². The molecule has 112 valence electrons. The van der Waals surface area contributed by atoms with Crippen LogP contribution in [0.25, 0.3) is 10.2 Å². The third-order valence-corrected chi connectivity index (χ3v) is 4.78. The topological polar surface area (TPSA) is 37.0 Å². The first-order valence-electron chi connectivity index (χ1n) is 6.11. The fourth-order valence-corrected chi connectivity index (χ4v) is 3.59. The number of benzene rings is 2. The van der Waals surface area contributed by atoms with Crippen molar-refractivity contribution in [1.29, 1.82) is 0 Å². The van der Waals surface area contributed by atoms with Crippen molar-refractivity contribution in [3.8, 4) is 0 Å². The summed E-state index contributed by atoms with van der Waals surface area (Å²) in [6, 6.07) is 10.7. The number of para-hydroxylation sites is 1. The second kappa shape index (κ2) is 6.56. The van der Waals surface area contributed by atoms with Gasteiger partial charge in [-0.15, -0.1) is 0 Å². The van der Waals surface area contributed by atoms with Crippen molar-refractivity contribution < 1.29 is 0 Å². The Hall–Kier alpha value is -1.11. The molecule has 8 heteroatoms. The number of hydrogen-bond acceptors (Lipinski definition) is 3. The lowest BCUT2D eigenvalue weighted by molar-refractivity contribution is 1.47. The Balaban J connectivity index is 1.78. The van der Waals surface area contributed by atoms with Crippen LogP contribution >= 0.6 is 58.4 Å². The molecule has 3 rings (SSSR count). The van der Waals surface area contributed by atoms with Crippen molar-refractivity contribution in [3.63, 3.8) is 0 Å². The quantitative estimate of drug-likeness (QED) is 0.523. The highest BCUT2D eigenvalue weighted by Crippen LogP contribution is 2.31. The number of hydrogen-bond donors (Lipinski definition) is 2. The summed E-state index contributed by atoms with van der Waals surface area (Å²) >= 11 is 24.9. The van der Waals surface area contributed by atoms with E-state index in [4.69, 9.17) is 47.0 Å². The van der Waals surface area contributed by atoms with Gasteiger partial charge in [0.2, 0.25) is 0 Å². The van der Waals surface area contributed by atoms with Crippen LogP contribution in [0.5, 0.6) is 0 Å². The number of rotatable bonds is 2. The van der Waals surface area contributed by atoms with Crippen molar-refractivity contribution >= 4 is 84.5 Å². The van der Waals surface area contributed by atoms with Crippen molar-refractivity contribution in [1.82, 2.24) is 4.98 Å². The van der Waals surface area contributed by atoms with Crippen molar-refractivity contribution in [3.05, 3.63) is 51.5 Å². The van der Waals surface area contributed by atoms with Crippen LogP contribution in [0.2, 0.25) is 15.1 Å². The highest BCUT2D eigenvalue weighted by atomic mass is 35.5. The largest absolute Gasteiger partial charge is 0.331 e. The number of nitrogens with zero attached hydrogens (tertiary/aromatic N) is 1.